The van der Waals surface area contributed by atoms with Gasteiger partial charge >= 0.3 is 0 Å². The van der Waals surface area contributed by atoms with Gasteiger partial charge in [0.2, 0.25) is 0 Å². The molecule has 7 heteroatoms. The van der Waals surface area contributed by atoms with Gasteiger partial charge in [0.05, 0.1) is 12.2 Å². The highest BCUT2D eigenvalue weighted by Gasteiger charge is 2.24. The highest BCUT2D eigenvalue weighted by atomic mass is 19.1. The summed E-state index contributed by atoms with van der Waals surface area (Å²) in [5, 5.41) is 10.9. The number of hydrogen-bond donors (Lipinski definition) is 1. The van der Waals surface area contributed by atoms with Crippen molar-refractivity contribution in [1.82, 2.24) is 25.2 Å². The summed E-state index contributed by atoms with van der Waals surface area (Å²) in [4.78, 5) is 14.9. The number of nitrogens with zero attached hydrogens (tertiary/aromatic N) is 4. The Balaban J connectivity index is 1.50. The van der Waals surface area contributed by atoms with Crippen molar-refractivity contribution < 1.29 is 9.18 Å². The van der Waals surface area contributed by atoms with Crippen LogP contribution in [-0.4, -0.2) is 51.0 Å². The van der Waals surface area contributed by atoms with Crippen molar-refractivity contribution in [3.8, 4) is 0 Å². The molecule has 0 aliphatic carbocycles. The minimum Gasteiger partial charge on any atom is -0.351 e. The van der Waals surface area contributed by atoms with Gasteiger partial charge in [-0.25, -0.2) is 9.07 Å². The molecule has 0 bridgehead atoms. The van der Waals surface area contributed by atoms with E-state index in [1.807, 2.05) is 6.92 Å². The molecule has 1 fully saturated rings. The summed E-state index contributed by atoms with van der Waals surface area (Å²) < 4.78 is 15.5. The molecule has 0 unspecified atom stereocenters. The van der Waals surface area contributed by atoms with Gasteiger partial charge in [-0.2, -0.15) is 0 Å². The topological polar surface area (TPSA) is 63.1 Å². The molecule has 152 valence electrons. The number of halogens is 1. The second-order valence-electron chi connectivity index (χ2n) is 7.76. The quantitative estimate of drug-likeness (QED) is 0.740. The highest BCUT2D eigenvalue weighted by molar-refractivity contribution is 5.91. The van der Waals surface area contributed by atoms with Crippen LogP contribution in [0.4, 0.5) is 4.39 Å². The van der Waals surface area contributed by atoms with Gasteiger partial charge in [-0.1, -0.05) is 29.8 Å². The number of carbonyl (C=O) groups is 1. The first-order valence-electron chi connectivity index (χ1n) is 10.2. The fourth-order valence-corrected chi connectivity index (χ4v) is 4.00. The molecule has 6 nitrogen and oxygen atoms in total. The maximum Gasteiger partial charge on any atom is 0.273 e. The van der Waals surface area contributed by atoms with Crippen LogP contribution < -0.4 is 5.32 Å². The smallest absolute Gasteiger partial charge is 0.273 e. The molecule has 1 saturated heterocycles. The van der Waals surface area contributed by atoms with E-state index in [1.54, 1.807) is 24.4 Å². The maximum atomic E-state index is 14.0. The molecule has 3 rings (SSSR count). The van der Waals surface area contributed by atoms with Crippen LogP contribution in [-0.2, 0) is 0 Å². The van der Waals surface area contributed by atoms with Crippen molar-refractivity contribution in [2.75, 3.05) is 13.1 Å². The zero-order valence-electron chi connectivity index (χ0n) is 16.9. The molecule has 1 aliphatic rings. The molecule has 2 heterocycles. The van der Waals surface area contributed by atoms with Crippen LogP contribution in [0.3, 0.4) is 0 Å². The Morgan fingerprint density at radius 2 is 2.00 bits per heavy atom. The molecule has 0 spiro atoms. The lowest BCUT2D eigenvalue weighted by Gasteiger charge is -2.39. The summed E-state index contributed by atoms with van der Waals surface area (Å²) in [6.45, 7) is 7.98. The molecule has 1 aliphatic heterocycles. The van der Waals surface area contributed by atoms with Gasteiger partial charge in [0.25, 0.3) is 5.91 Å². The number of carbonyl (C=O) groups excluding carboxylic acids is 1. The Morgan fingerprint density at radius 1 is 1.29 bits per heavy atom. The summed E-state index contributed by atoms with van der Waals surface area (Å²) >= 11 is 0. The highest BCUT2D eigenvalue weighted by Crippen LogP contribution is 2.22. The molecule has 1 N–H and O–H groups in total. The summed E-state index contributed by atoms with van der Waals surface area (Å²) in [5.74, 6) is -0.538. The predicted molar refractivity (Wildman–Crippen MR) is 107 cm³/mol. The normalized spacial score (nSPS) is 21.4. The summed E-state index contributed by atoms with van der Waals surface area (Å²) in [5.41, 5.74) is 0.770. The van der Waals surface area contributed by atoms with E-state index in [1.165, 1.54) is 30.0 Å². The average Bonchev–Trinajstić information content (AvgIpc) is 3.17. The lowest BCUT2D eigenvalue weighted by atomic mass is 9.97. The van der Waals surface area contributed by atoms with Gasteiger partial charge in [0, 0.05) is 30.7 Å². The Hall–Kier alpha value is -2.28. The lowest BCUT2D eigenvalue weighted by Crippen LogP contribution is -2.44. The van der Waals surface area contributed by atoms with E-state index in [0.717, 1.165) is 13.0 Å². The van der Waals surface area contributed by atoms with Gasteiger partial charge < -0.3 is 5.32 Å². The molecule has 0 radical (unpaired) electrons. The van der Waals surface area contributed by atoms with Gasteiger partial charge in [-0.05, 0) is 46.1 Å². The van der Waals surface area contributed by atoms with Crippen molar-refractivity contribution in [1.29, 1.82) is 0 Å². The number of rotatable bonds is 7. The van der Waals surface area contributed by atoms with Crippen molar-refractivity contribution in [3.63, 3.8) is 0 Å². The molecule has 2 aromatic rings. The molecule has 1 aromatic heterocycles. The third-order valence-electron chi connectivity index (χ3n) is 5.75. The molecule has 28 heavy (non-hydrogen) atoms. The summed E-state index contributed by atoms with van der Waals surface area (Å²) in [6, 6.07) is 7.45. The Bertz CT molecular complexity index is 783. The number of amides is 1. The van der Waals surface area contributed by atoms with Crippen molar-refractivity contribution >= 4 is 5.91 Å². The van der Waals surface area contributed by atoms with Gasteiger partial charge in [0.1, 0.15) is 5.82 Å². The maximum absolute atomic E-state index is 14.0. The fourth-order valence-electron chi connectivity index (χ4n) is 4.00. The first-order chi connectivity index (χ1) is 13.5. The van der Waals surface area contributed by atoms with Crippen molar-refractivity contribution in [3.05, 3.63) is 47.5 Å². The van der Waals surface area contributed by atoms with E-state index in [2.05, 4.69) is 34.4 Å². The predicted octanol–water partition coefficient (Wildman–Crippen LogP) is 3.41. The van der Waals surface area contributed by atoms with Crippen molar-refractivity contribution in [2.45, 2.75) is 64.6 Å². The Labute approximate surface area is 166 Å². The number of benzene rings is 1. The van der Waals surface area contributed by atoms with Crippen LogP contribution in [0.15, 0.2) is 30.5 Å². The number of piperidine rings is 1. The van der Waals surface area contributed by atoms with E-state index in [4.69, 9.17) is 0 Å². The van der Waals surface area contributed by atoms with Crippen LogP contribution in [0.2, 0.25) is 0 Å². The zero-order chi connectivity index (χ0) is 20.1. The molecule has 0 saturated carbocycles. The number of nitrogens with one attached hydrogen (secondary N) is 1. The standard InChI is InChI=1S/C21H30FN5O/c1-15-8-6-9-16(2)26(15)13-7-12-23-21(28)20-14-27(25-24-20)17(3)18-10-4-5-11-19(18)22/h4-5,10-11,14-17H,6-9,12-13H2,1-3H3,(H,23,28)/t15-,16+,17-/m1/s1. The molecule has 3 atom stereocenters. The van der Waals surface area contributed by atoms with Crippen LogP contribution in [0.5, 0.6) is 0 Å². The third kappa shape index (κ3) is 4.76. The van der Waals surface area contributed by atoms with Gasteiger partial charge in [-0.3, -0.25) is 9.69 Å². The van der Waals surface area contributed by atoms with Crippen LogP contribution in [0, 0.1) is 5.82 Å². The molecule has 1 aromatic carbocycles. The van der Waals surface area contributed by atoms with E-state index >= 15 is 0 Å². The Kier molecular flexibility index (Phi) is 6.78. The van der Waals surface area contributed by atoms with Crippen LogP contribution in [0.25, 0.3) is 0 Å². The van der Waals surface area contributed by atoms with Crippen LogP contribution >= 0.6 is 0 Å². The van der Waals surface area contributed by atoms with Crippen molar-refractivity contribution in [2.24, 2.45) is 0 Å². The van der Waals surface area contributed by atoms with E-state index in [-0.39, 0.29) is 23.5 Å². The summed E-state index contributed by atoms with van der Waals surface area (Å²) in [7, 11) is 0. The average molecular weight is 388 g/mol. The first-order valence-corrected chi connectivity index (χ1v) is 10.2. The summed E-state index contributed by atoms with van der Waals surface area (Å²) in [6.07, 6.45) is 6.28. The molecular weight excluding hydrogens is 357 g/mol. The largest absolute Gasteiger partial charge is 0.351 e. The van der Waals surface area contributed by atoms with Gasteiger partial charge in [-0.15, -0.1) is 5.10 Å². The fraction of sp³-hybridized carbons (Fsp3) is 0.571. The monoisotopic (exact) mass is 387 g/mol. The molecular formula is C21H30FN5O. The lowest BCUT2D eigenvalue weighted by molar-refractivity contribution is 0.0921. The van der Waals surface area contributed by atoms with Gasteiger partial charge in [0.15, 0.2) is 5.69 Å². The minimum atomic E-state index is -0.336. The second-order valence-corrected chi connectivity index (χ2v) is 7.76. The zero-order valence-corrected chi connectivity index (χ0v) is 16.9. The molecule has 1 amide bonds. The minimum absolute atomic E-state index is 0.244. The Morgan fingerprint density at radius 3 is 2.71 bits per heavy atom. The van der Waals surface area contributed by atoms with E-state index in [9.17, 15) is 9.18 Å². The second kappa shape index (κ2) is 9.28. The van der Waals surface area contributed by atoms with Crippen LogP contribution in [0.1, 0.15) is 68.5 Å². The third-order valence-corrected chi connectivity index (χ3v) is 5.75. The van der Waals surface area contributed by atoms with E-state index < -0.39 is 0 Å². The number of aromatic nitrogens is 3. The number of hydrogen-bond acceptors (Lipinski definition) is 4. The number of likely N-dealkylation sites (tertiary alicyclic amines) is 1. The SMILES string of the molecule is C[C@@H]1CCC[C@H](C)N1CCCNC(=O)c1cn([C@H](C)c2ccccc2F)nn1. The first kappa shape index (κ1) is 20.5. The van der Waals surface area contributed by atoms with E-state index in [0.29, 0.717) is 24.2 Å².